The Labute approximate surface area is 189 Å². The second kappa shape index (κ2) is 10.8. The van der Waals surface area contributed by atoms with E-state index in [1.807, 2.05) is 57.4 Å². The highest BCUT2D eigenvalue weighted by Crippen LogP contribution is 2.35. The molecule has 32 heavy (non-hydrogen) atoms. The minimum absolute atomic E-state index is 0.0534. The van der Waals surface area contributed by atoms with Crippen LogP contribution in [0.25, 0.3) is 10.9 Å². The number of rotatable bonds is 10. The Morgan fingerprint density at radius 3 is 2.53 bits per heavy atom. The predicted molar refractivity (Wildman–Crippen MR) is 127 cm³/mol. The molecule has 0 spiro atoms. The highest BCUT2D eigenvalue weighted by atomic mass is 16.5. The second-order valence-electron chi connectivity index (χ2n) is 7.92. The van der Waals surface area contributed by atoms with Gasteiger partial charge in [-0.1, -0.05) is 12.1 Å². The molecular formula is C24H31N5O3. The molecule has 0 radical (unpaired) electrons. The summed E-state index contributed by atoms with van der Waals surface area (Å²) >= 11 is 0. The van der Waals surface area contributed by atoms with Crippen LogP contribution in [0, 0.1) is 0 Å². The first-order chi connectivity index (χ1) is 15.4. The zero-order valence-corrected chi connectivity index (χ0v) is 19.3. The fourth-order valence-electron chi connectivity index (χ4n) is 3.38. The number of carbonyl (C=O) groups is 1. The molecule has 8 heteroatoms. The van der Waals surface area contributed by atoms with Crippen molar-refractivity contribution in [3.63, 3.8) is 0 Å². The Hall–Kier alpha value is -3.39. The molecule has 0 aliphatic heterocycles. The minimum atomic E-state index is -0.0545. The summed E-state index contributed by atoms with van der Waals surface area (Å²) in [7, 11) is 5.70. The van der Waals surface area contributed by atoms with Crippen molar-refractivity contribution in [1.29, 1.82) is 0 Å². The van der Waals surface area contributed by atoms with E-state index >= 15 is 0 Å². The third-order valence-electron chi connectivity index (χ3n) is 5.02. The number of aromatic nitrogens is 2. The van der Waals surface area contributed by atoms with E-state index in [9.17, 15) is 4.79 Å². The highest BCUT2D eigenvalue weighted by molar-refractivity contribution is 5.93. The van der Waals surface area contributed by atoms with Crippen LogP contribution in [0.1, 0.15) is 31.9 Å². The monoisotopic (exact) mass is 437 g/mol. The molecule has 8 nitrogen and oxygen atoms in total. The summed E-state index contributed by atoms with van der Waals surface area (Å²) in [5.41, 5.74) is 2.67. The van der Waals surface area contributed by atoms with E-state index in [1.165, 1.54) is 13.3 Å². The van der Waals surface area contributed by atoms with Gasteiger partial charge in [-0.25, -0.2) is 9.97 Å². The van der Waals surface area contributed by atoms with Crippen molar-refractivity contribution in [3.05, 3.63) is 48.3 Å². The number of ether oxygens (including phenoxy) is 2. The van der Waals surface area contributed by atoms with Gasteiger partial charge >= 0.3 is 0 Å². The van der Waals surface area contributed by atoms with Crippen LogP contribution in [-0.4, -0.2) is 55.1 Å². The second-order valence-corrected chi connectivity index (χ2v) is 7.92. The van der Waals surface area contributed by atoms with Crippen molar-refractivity contribution in [2.45, 2.75) is 26.3 Å². The molecule has 0 unspecified atom stereocenters. The molecule has 1 aromatic heterocycles. The molecule has 1 amide bonds. The van der Waals surface area contributed by atoms with Gasteiger partial charge in [-0.2, -0.15) is 0 Å². The number of fused-ring (bicyclic) bond motifs is 1. The number of carbonyl (C=O) groups excluding carboxylic acids is 1. The molecule has 1 atom stereocenters. The summed E-state index contributed by atoms with van der Waals surface area (Å²) in [5, 5.41) is 7.09. The smallest absolute Gasteiger partial charge is 0.217 e. The third-order valence-corrected chi connectivity index (χ3v) is 5.02. The normalized spacial score (nSPS) is 11.9. The van der Waals surface area contributed by atoms with E-state index in [2.05, 4.69) is 25.5 Å². The lowest BCUT2D eigenvalue weighted by Crippen LogP contribution is -2.23. The van der Waals surface area contributed by atoms with Crippen molar-refractivity contribution < 1.29 is 14.3 Å². The quantitative estimate of drug-likeness (QED) is 0.465. The molecule has 3 aromatic rings. The number of hydrogen-bond donors (Lipinski definition) is 2. The molecule has 0 bridgehead atoms. The molecule has 0 aliphatic carbocycles. The lowest BCUT2D eigenvalue weighted by Gasteiger charge is -2.15. The summed E-state index contributed by atoms with van der Waals surface area (Å²) in [6.07, 6.45) is 2.43. The van der Waals surface area contributed by atoms with Crippen LogP contribution in [-0.2, 0) is 4.79 Å². The van der Waals surface area contributed by atoms with Crippen molar-refractivity contribution in [2.75, 3.05) is 39.7 Å². The van der Waals surface area contributed by atoms with Crippen molar-refractivity contribution in [2.24, 2.45) is 0 Å². The molecule has 3 rings (SSSR count). The zero-order chi connectivity index (χ0) is 23.1. The van der Waals surface area contributed by atoms with Crippen LogP contribution in [0.2, 0.25) is 0 Å². The van der Waals surface area contributed by atoms with E-state index < -0.39 is 0 Å². The first-order valence-electron chi connectivity index (χ1n) is 10.6. The molecular weight excluding hydrogens is 406 g/mol. The summed E-state index contributed by atoms with van der Waals surface area (Å²) < 4.78 is 11.5. The number of anilines is 2. The van der Waals surface area contributed by atoms with Gasteiger partial charge in [0.15, 0.2) is 11.5 Å². The van der Waals surface area contributed by atoms with Gasteiger partial charge in [-0.05, 0) is 51.2 Å². The van der Waals surface area contributed by atoms with E-state index in [0.29, 0.717) is 23.9 Å². The van der Waals surface area contributed by atoms with Gasteiger partial charge in [-0.3, -0.25) is 4.79 Å². The third kappa shape index (κ3) is 6.07. The number of amides is 1. The number of nitrogens with zero attached hydrogens (tertiary/aromatic N) is 3. The van der Waals surface area contributed by atoms with Gasteiger partial charge in [-0.15, -0.1) is 0 Å². The topological polar surface area (TPSA) is 88.6 Å². The zero-order valence-electron chi connectivity index (χ0n) is 19.3. The van der Waals surface area contributed by atoms with Crippen molar-refractivity contribution >= 4 is 28.3 Å². The molecule has 2 N–H and O–H groups in total. The first-order valence-corrected chi connectivity index (χ1v) is 10.6. The van der Waals surface area contributed by atoms with Crippen LogP contribution in [0.15, 0.2) is 42.7 Å². The largest absolute Gasteiger partial charge is 0.493 e. The summed E-state index contributed by atoms with van der Waals surface area (Å²) in [5.74, 6) is 1.93. The van der Waals surface area contributed by atoms with Crippen LogP contribution in [0.5, 0.6) is 11.5 Å². The molecule has 170 valence electrons. The maximum Gasteiger partial charge on any atom is 0.217 e. The van der Waals surface area contributed by atoms with Gasteiger partial charge < -0.3 is 25.0 Å². The van der Waals surface area contributed by atoms with Crippen LogP contribution >= 0.6 is 0 Å². The SMILES string of the molecule is COc1cc2ncnc(Nc3ccc([C@H](C)NC(C)=O)cc3)c2cc1OCCCN(C)C. The molecule has 1 heterocycles. The molecule has 0 aliphatic rings. The summed E-state index contributed by atoms with van der Waals surface area (Å²) in [4.78, 5) is 22.2. The number of benzene rings is 2. The average molecular weight is 438 g/mol. The predicted octanol–water partition coefficient (Wildman–Crippen LogP) is 3.91. The van der Waals surface area contributed by atoms with Gasteiger partial charge in [0, 0.05) is 30.6 Å². The number of nitrogens with one attached hydrogen (secondary N) is 2. The Kier molecular flexibility index (Phi) is 7.83. The van der Waals surface area contributed by atoms with Crippen LogP contribution in [0.4, 0.5) is 11.5 Å². The summed E-state index contributed by atoms with van der Waals surface area (Å²) in [6, 6.07) is 11.6. The van der Waals surface area contributed by atoms with Crippen molar-refractivity contribution in [1.82, 2.24) is 20.2 Å². The first kappa shape index (κ1) is 23.3. The molecule has 2 aromatic carbocycles. The van der Waals surface area contributed by atoms with Crippen molar-refractivity contribution in [3.8, 4) is 11.5 Å². The van der Waals surface area contributed by atoms with Gasteiger partial charge in [0.05, 0.1) is 25.3 Å². The lowest BCUT2D eigenvalue weighted by atomic mass is 10.1. The summed E-state index contributed by atoms with van der Waals surface area (Å²) in [6.45, 7) is 5.00. The number of hydrogen-bond acceptors (Lipinski definition) is 7. The van der Waals surface area contributed by atoms with Gasteiger partial charge in [0.2, 0.25) is 5.91 Å². The lowest BCUT2D eigenvalue weighted by molar-refractivity contribution is -0.119. The Morgan fingerprint density at radius 1 is 1.12 bits per heavy atom. The minimum Gasteiger partial charge on any atom is -0.493 e. The fourth-order valence-corrected chi connectivity index (χ4v) is 3.38. The van der Waals surface area contributed by atoms with Gasteiger partial charge in [0.25, 0.3) is 0 Å². The maximum absolute atomic E-state index is 11.3. The van der Waals surface area contributed by atoms with E-state index in [-0.39, 0.29) is 11.9 Å². The average Bonchev–Trinajstić information content (AvgIpc) is 2.76. The standard InChI is InChI=1S/C24H31N5O3/c1-16(27-17(2)30)18-7-9-19(10-8-18)28-24-20-13-23(32-12-6-11-29(3)4)22(31-5)14-21(20)25-15-26-24/h7-10,13-16H,6,11-12H2,1-5H3,(H,27,30)(H,25,26,28)/t16-/m0/s1. The Balaban J connectivity index is 1.82. The molecule has 0 saturated heterocycles. The Morgan fingerprint density at radius 2 is 1.88 bits per heavy atom. The molecule has 0 saturated carbocycles. The van der Waals surface area contributed by atoms with Crippen LogP contribution in [0.3, 0.4) is 0 Å². The van der Waals surface area contributed by atoms with Gasteiger partial charge in [0.1, 0.15) is 12.1 Å². The van der Waals surface area contributed by atoms with Crippen LogP contribution < -0.4 is 20.1 Å². The van der Waals surface area contributed by atoms with E-state index in [0.717, 1.165) is 35.1 Å². The maximum atomic E-state index is 11.3. The molecule has 0 fully saturated rings. The van der Waals surface area contributed by atoms with E-state index in [1.54, 1.807) is 7.11 Å². The Bertz CT molecular complexity index is 1050. The highest BCUT2D eigenvalue weighted by Gasteiger charge is 2.13. The number of methoxy groups -OCH3 is 1. The fraction of sp³-hybridized carbons (Fsp3) is 0.375. The van der Waals surface area contributed by atoms with E-state index in [4.69, 9.17) is 9.47 Å².